The molecule has 0 aromatic heterocycles. The molecule has 2 rings (SSSR count). The van der Waals surface area contributed by atoms with E-state index in [4.69, 9.17) is 4.74 Å². The maximum Gasteiger partial charge on any atom is 0.0462 e. The van der Waals surface area contributed by atoms with Crippen molar-refractivity contribution in [2.75, 3.05) is 33.4 Å². The first-order valence-corrected chi connectivity index (χ1v) is 8.31. The molecule has 2 fully saturated rings. The predicted octanol–water partition coefficient (Wildman–Crippen LogP) is 2.80. The number of likely N-dealkylation sites (tertiary alicyclic amines) is 1. The van der Waals surface area contributed by atoms with Gasteiger partial charge in [-0.2, -0.15) is 0 Å². The van der Waals surface area contributed by atoms with Gasteiger partial charge in [0.25, 0.3) is 0 Å². The summed E-state index contributed by atoms with van der Waals surface area (Å²) in [6.07, 6.45) is 10.9. The van der Waals surface area contributed by atoms with E-state index in [1.54, 1.807) is 0 Å². The molecule has 0 radical (unpaired) electrons. The van der Waals surface area contributed by atoms with Crippen molar-refractivity contribution in [1.82, 2.24) is 10.2 Å². The quantitative estimate of drug-likeness (QED) is 0.685. The lowest BCUT2D eigenvalue weighted by atomic mass is 9.83. The van der Waals surface area contributed by atoms with Crippen molar-refractivity contribution in [3.63, 3.8) is 0 Å². The number of nitrogens with one attached hydrogen (secondary N) is 1. The van der Waals surface area contributed by atoms with Gasteiger partial charge in [0.1, 0.15) is 0 Å². The Hall–Kier alpha value is -0.120. The Labute approximate surface area is 119 Å². The van der Waals surface area contributed by atoms with E-state index in [0.717, 1.165) is 13.2 Å². The molecule has 3 heteroatoms. The van der Waals surface area contributed by atoms with E-state index in [0.29, 0.717) is 11.6 Å². The molecule has 2 aliphatic rings. The fraction of sp³-hybridized carbons (Fsp3) is 1.00. The number of ether oxygens (including phenoxy) is 1. The zero-order valence-corrected chi connectivity index (χ0v) is 12.9. The standard InChI is InChI=1S/C16H32N2O/c1-3-17-15(9-8-14-19-2)16(10-4-5-11-16)18-12-6-7-13-18/h15,17H,3-14H2,1-2H3. The molecule has 1 saturated carbocycles. The summed E-state index contributed by atoms with van der Waals surface area (Å²) in [5.41, 5.74) is 0.459. The highest BCUT2D eigenvalue weighted by Gasteiger charge is 2.45. The smallest absolute Gasteiger partial charge is 0.0462 e. The minimum Gasteiger partial charge on any atom is -0.385 e. The summed E-state index contributed by atoms with van der Waals surface area (Å²) in [6.45, 7) is 6.89. The Kier molecular flexibility index (Phi) is 6.11. The first-order valence-electron chi connectivity index (χ1n) is 8.31. The second-order valence-corrected chi connectivity index (χ2v) is 6.25. The zero-order valence-electron chi connectivity index (χ0n) is 12.9. The molecule has 3 nitrogen and oxygen atoms in total. The number of hydrogen-bond donors (Lipinski definition) is 1. The van der Waals surface area contributed by atoms with E-state index >= 15 is 0 Å². The van der Waals surface area contributed by atoms with Crippen LogP contribution in [0, 0.1) is 0 Å². The van der Waals surface area contributed by atoms with Crippen molar-refractivity contribution in [3.05, 3.63) is 0 Å². The molecule has 0 spiro atoms. The Balaban J connectivity index is 2.04. The molecular formula is C16H32N2O. The Morgan fingerprint density at radius 1 is 1.16 bits per heavy atom. The number of rotatable bonds is 8. The number of likely N-dealkylation sites (N-methyl/N-ethyl adjacent to an activating group) is 1. The Bertz CT molecular complexity index is 245. The zero-order chi connectivity index (χ0) is 13.6. The summed E-state index contributed by atoms with van der Waals surface area (Å²) in [4.78, 5) is 2.82. The highest BCUT2D eigenvalue weighted by molar-refractivity contribution is 5.04. The SMILES string of the molecule is CCNC(CCCOC)C1(N2CCCC2)CCCC1. The van der Waals surface area contributed by atoms with Gasteiger partial charge in [-0.15, -0.1) is 0 Å². The van der Waals surface area contributed by atoms with Gasteiger partial charge in [-0.25, -0.2) is 0 Å². The molecule has 19 heavy (non-hydrogen) atoms. The van der Waals surface area contributed by atoms with Gasteiger partial charge in [-0.05, 0) is 58.2 Å². The Morgan fingerprint density at radius 2 is 1.84 bits per heavy atom. The average Bonchev–Trinajstić information content (AvgIpc) is 3.09. The van der Waals surface area contributed by atoms with Crippen LogP contribution in [0.2, 0.25) is 0 Å². The largest absolute Gasteiger partial charge is 0.385 e. The third kappa shape index (κ3) is 3.50. The number of methoxy groups -OCH3 is 1. The van der Waals surface area contributed by atoms with Crippen molar-refractivity contribution in [2.45, 2.75) is 69.9 Å². The monoisotopic (exact) mass is 268 g/mol. The first kappa shape index (κ1) is 15.3. The van der Waals surface area contributed by atoms with Gasteiger partial charge in [-0.3, -0.25) is 4.90 Å². The fourth-order valence-electron chi connectivity index (χ4n) is 4.27. The summed E-state index contributed by atoms with van der Waals surface area (Å²) in [5, 5.41) is 3.80. The normalized spacial score (nSPS) is 24.9. The molecule has 1 saturated heterocycles. The third-order valence-electron chi connectivity index (χ3n) is 5.15. The summed E-state index contributed by atoms with van der Waals surface area (Å²) in [7, 11) is 1.81. The van der Waals surface area contributed by atoms with Crippen molar-refractivity contribution in [3.8, 4) is 0 Å². The summed E-state index contributed by atoms with van der Waals surface area (Å²) in [5.74, 6) is 0. The minimum atomic E-state index is 0.459. The molecule has 1 aliphatic carbocycles. The van der Waals surface area contributed by atoms with Crippen molar-refractivity contribution in [1.29, 1.82) is 0 Å². The minimum absolute atomic E-state index is 0.459. The van der Waals surface area contributed by atoms with E-state index in [9.17, 15) is 0 Å². The Morgan fingerprint density at radius 3 is 2.42 bits per heavy atom. The second kappa shape index (κ2) is 7.61. The van der Waals surface area contributed by atoms with Crippen molar-refractivity contribution >= 4 is 0 Å². The summed E-state index contributed by atoms with van der Waals surface area (Å²) in [6, 6.07) is 0.660. The molecule has 1 unspecified atom stereocenters. The fourth-order valence-corrected chi connectivity index (χ4v) is 4.27. The highest BCUT2D eigenvalue weighted by atomic mass is 16.5. The van der Waals surface area contributed by atoms with E-state index < -0.39 is 0 Å². The van der Waals surface area contributed by atoms with Crippen LogP contribution in [0.3, 0.4) is 0 Å². The molecule has 1 N–H and O–H groups in total. The van der Waals surface area contributed by atoms with Gasteiger partial charge < -0.3 is 10.1 Å². The maximum atomic E-state index is 5.25. The van der Waals surface area contributed by atoms with Gasteiger partial charge >= 0.3 is 0 Å². The van der Waals surface area contributed by atoms with Crippen LogP contribution >= 0.6 is 0 Å². The molecule has 1 aliphatic heterocycles. The average molecular weight is 268 g/mol. The van der Waals surface area contributed by atoms with Gasteiger partial charge in [0.05, 0.1) is 0 Å². The summed E-state index contributed by atoms with van der Waals surface area (Å²) < 4.78 is 5.25. The molecule has 1 atom stereocenters. The first-order chi connectivity index (χ1) is 9.33. The van der Waals surface area contributed by atoms with E-state index in [1.165, 1.54) is 64.5 Å². The molecule has 0 aromatic carbocycles. The molecule has 1 heterocycles. The lowest BCUT2D eigenvalue weighted by Crippen LogP contribution is -2.59. The second-order valence-electron chi connectivity index (χ2n) is 6.25. The van der Waals surface area contributed by atoms with Gasteiger partial charge in [0, 0.05) is 25.3 Å². The predicted molar refractivity (Wildman–Crippen MR) is 80.6 cm³/mol. The molecular weight excluding hydrogens is 236 g/mol. The van der Waals surface area contributed by atoms with Crippen LogP contribution < -0.4 is 5.32 Å². The van der Waals surface area contributed by atoms with Crippen LogP contribution in [0.15, 0.2) is 0 Å². The third-order valence-corrected chi connectivity index (χ3v) is 5.15. The van der Waals surface area contributed by atoms with Gasteiger partial charge in [-0.1, -0.05) is 19.8 Å². The molecule has 0 aromatic rings. The van der Waals surface area contributed by atoms with Crippen LogP contribution in [0.5, 0.6) is 0 Å². The van der Waals surface area contributed by atoms with Crippen LogP contribution in [0.1, 0.15) is 58.3 Å². The molecule has 0 amide bonds. The highest BCUT2D eigenvalue weighted by Crippen LogP contribution is 2.41. The number of hydrogen-bond acceptors (Lipinski definition) is 3. The maximum absolute atomic E-state index is 5.25. The lowest BCUT2D eigenvalue weighted by Gasteiger charge is -2.45. The van der Waals surface area contributed by atoms with Gasteiger partial charge in [0.2, 0.25) is 0 Å². The topological polar surface area (TPSA) is 24.5 Å². The van der Waals surface area contributed by atoms with E-state index in [1.807, 2.05) is 7.11 Å². The van der Waals surface area contributed by atoms with Crippen LogP contribution in [-0.4, -0.2) is 49.8 Å². The van der Waals surface area contributed by atoms with Gasteiger partial charge in [0.15, 0.2) is 0 Å². The van der Waals surface area contributed by atoms with E-state index in [-0.39, 0.29) is 0 Å². The van der Waals surface area contributed by atoms with Crippen LogP contribution in [0.4, 0.5) is 0 Å². The van der Waals surface area contributed by atoms with E-state index in [2.05, 4.69) is 17.1 Å². The molecule has 112 valence electrons. The van der Waals surface area contributed by atoms with Crippen LogP contribution in [-0.2, 0) is 4.74 Å². The molecule has 0 bridgehead atoms. The number of nitrogens with zero attached hydrogens (tertiary/aromatic N) is 1. The van der Waals surface area contributed by atoms with Crippen molar-refractivity contribution < 1.29 is 4.74 Å². The van der Waals surface area contributed by atoms with Crippen molar-refractivity contribution in [2.24, 2.45) is 0 Å². The van der Waals surface area contributed by atoms with Crippen LogP contribution in [0.25, 0.3) is 0 Å². The summed E-state index contributed by atoms with van der Waals surface area (Å²) >= 11 is 0. The lowest BCUT2D eigenvalue weighted by molar-refractivity contribution is 0.0684.